The van der Waals surface area contributed by atoms with Crippen molar-refractivity contribution in [3.05, 3.63) is 35.4 Å². The number of benzene rings is 1. The van der Waals surface area contributed by atoms with Crippen LogP contribution >= 0.6 is 0 Å². The zero-order valence-corrected chi connectivity index (χ0v) is 12.5. The van der Waals surface area contributed by atoms with Crippen LogP contribution in [0.5, 0.6) is 0 Å². The van der Waals surface area contributed by atoms with Gasteiger partial charge in [-0.1, -0.05) is 45.0 Å². The highest BCUT2D eigenvalue weighted by atomic mass is 16.4. The van der Waals surface area contributed by atoms with Gasteiger partial charge in [0.15, 0.2) is 0 Å². The number of aliphatic carboxylic acids is 1. The van der Waals surface area contributed by atoms with Gasteiger partial charge >= 0.3 is 5.97 Å². The van der Waals surface area contributed by atoms with Crippen LogP contribution in [0.4, 0.5) is 0 Å². The molecule has 0 aliphatic carbocycles. The molecular formula is C16H25NO3. The Morgan fingerprint density at radius 2 is 1.85 bits per heavy atom. The third-order valence-electron chi connectivity index (χ3n) is 3.46. The summed E-state index contributed by atoms with van der Waals surface area (Å²) in [5.74, 6) is -0.819. The summed E-state index contributed by atoms with van der Waals surface area (Å²) < 4.78 is 0. The highest BCUT2D eigenvalue weighted by molar-refractivity contribution is 5.70. The van der Waals surface area contributed by atoms with Crippen LogP contribution in [-0.4, -0.2) is 28.8 Å². The molecule has 0 radical (unpaired) electrons. The topological polar surface area (TPSA) is 69.6 Å². The molecule has 3 N–H and O–H groups in total. The highest BCUT2D eigenvalue weighted by Crippen LogP contribution is 2.22. The molecule has 0 saturated heterocycles. The Kier molecular flexibility index (Phi) is 6.17. The van der Waals surface area contributed by atoms with Crippen molar-refractivity contribution < 1.29 is 15.0 Å². The van der Waals surface area contributed by atoms with Crippen molar-refractivity contribution in [3.63, 3.8) is 0 Å². The first-order valence-electron chi connectivity index (χ1n) is 6.97. The smallest absolute Gasteiger partial charge is 0.307 e. The zero-order valence-electron chi connectivity index (χ0n) is 12.5. The van der Waals surface area contributed by atoms with Gasteiger partial charge in [0.1, 0.15) is 0 Å². The number of carbonyl (C=O) groups is 1. The predicted octanol–water partition coefficient (Wildman–Crippen LogP) is 2.20. The summed E-state index contributed by atoms with van der Waals surface area (Å²) in [7, 11) is 0. The Morgan fingerprint density at radius 3 is 2.35 bits per heavy atom. The minimum atomic E-state index is -0.819. The van der Waals surface area contributed by atoms with Crippen molar-refractivity contribution in [1.82, 2.24) is 5.32 Å². The molecule has 0 spiro atoms. The van der Waals surface area contributed by atoms with E-state index in [4.69, 9.17) is 10.2 Å². The number of hydrogen-bond acceptors (Lipinski definition) is 3. The number of nitrogens with one attached hydrogen (secondary N) is 1. The van der Waals surface area contributed by atoms with Gasteiger partial charge in [0.05, 0.1) is 6.42 Å². The van der Waals surface area contributed by atoms with Crippen molar-refractivity contribution in [3.8, 4) is 0 Å². The molecule has 4 heteroatoms. The molecule has 1 aromatic carbocycles. The van der Waals surface area contributed by atoms with Crippen LogP contribution in [0.25, 0.3) is 0 Å². The lowest BCUT2D eigenvalue weighted by molar-refractivity contribution is -0.136. The Balaban J connectivity index is 2.75. The molecule has 0 aliphatic rings. The lowest BCUT2D eigenvalue weighted by Crippen LogP contribution is -2.40. The molecule has 0 heterocycles. The van der Waals surface area contributed by atoms with Gasteiger partial charge in [-0.3, -0.25) is 4.79 Å². The third-order valence-corrected chi connectivity index (χ3v) is 3.46. The first-order valence-corrected chi connectivity index (χ1v) is 6.97. The molecule has 1 aromatic rings. The molecular weight excluding hydrogens is 254 g/mol. The van der Waals surface area contributed by atoms with Crippen LogP contribution in [0.1, 0.15) is 38.3 Å². The standard InChI is InChI=1S/C16H25NO3/c1-16(2,3)14(8-9-18)17-11-13-7-5-4-6-12(13)10-15(19)20/h4-7,14,17-18H,8-11H2,1-3H3,(H,19,20). The monoisotopic (exact) mass is 279 g/mol. The highest BCUT2D eigenvalue weighted by Gasteiger charge is 2.23. The Bertz CT molecular complexity index is 438. The number of aliphatic hydroxyl groups excluding tert-OH is 1. The van der Waals surface area contributed by atoms with E-state index in [1.54, 1.807) is 0 Å². The minimum Gasteiger partial charge on any atom is -0.481 e. The summed E-state index contributed by atoms with van der Waals surface area (Å²) in [5, 5.41) is 21.5. The van der Waals surface area contributed by atoms with Gasteiger partial charge in [0.25, 0.3) is 0 Å². The number of rotatable bonds is 7. The molecule has 0 fully saturated rings. The second kappa shape index (κ2) is 7.41. The van der Waals surface area contributed by atoms with Gasteiger partial charge in [0.2, 0.25) is 0 Å². The molecule has 1 atom stereocenters. The van der Waals surface area contributed by atoms with E-state index in [9.17, 15) is 4.79 Å². The van der Waals surface area contributed by atoms with Gasteiger partial charge in [0, 0.05) is 19.2 Å². The van der Waals surface area contributed by atoms with E-state index in [0.29, 0.717) is 13.0 Å². The van der Waals surface area contributed by atoms with Gasteiger partial charge in [-0.2, -0.15) is 0 Å². The number of hydrogen-bond donors (Lipinski definition) is 3. The van der Waals surface area contributed by atoms with E-state index < -0.39 is 5.97 Å². The van der Waals surface area contributed by atoms with Crippen LogP contribution in [0, 0.1) is 5.41 Å². The average Bonchev–Trinajstić information content (AvgIpc) is 2.34. The van der Waals surface area contributed by atoms with Crippen molar-refractivity contribution in [2.75, 3.05) is 6.61 Å². The molecule has 112 valence electrons. The molecule has 0 aliphatic heterocycles. The van der Waals surface area contributed by atoms with Crippen molar-refractivity contribution in [2.45, 2.75) is 46.2 Å². The molecule has 0 saturated carbocycles. The summed E-state index contributed by atoms with van der Waals surface area (Å²) in [4.78, 5) is 10.9. The summed E-state index contributed by atoms with van der Waals surface area (Å²) in [6.07, 6.45) is 0.725. The fourth-order valence-electron chi connectivity index (χ4n) is 2.27. The molecule has 0 amide bonds. The van der Waals surface area contributed by atoms with Crippen molar-refractivity contribution in [2.24, 2.45) is 5.41 Å². The second-order valence-corrected chi connectivity index (χ2v) is 6.15. The predicted molar refractivity (Wildman–Crippen MR) is 79.6 cm³/mol. The lowest BCUT2D eigenvalue weighted by atomic mass is 9.84. The average molecular weight is 279 g/mol. The maximum Gasteiger partial charge on any atom is 0.307 e. The lowest BCUT2D eigenvalue weighted by Gasteiger charge is -2.31. The van der Waals surface area contributed by atoms with Crippen LogP contribution in [0.2, 0.25) is 0 Å². The van der Waals surface area contributed by atoms with Crippen molar-refractivity contribution in [1.29, 1.82) is 0 Å². The first kappa shape index (κ1) is 16.7. The maximum absolute atomic E-state index is 10.9. The first-order chi connectivity index (χ1) is 9.34. The zero-order chi connectivity index (χ0) is 15.2. The molecule has 20 heavy (non-hydrogen) atoms. The van der Waals surface area contributed by atoms with Crippen molar-refractivity contribution >= 4 is 5.97 Å². The Hall–Kier alpha value is -1.39. The number of carboxylic acids is 1. The number of aliphatic hydroxyl groups is 1. The summed E-state index contributed by atoms with van der Waals surface area (Å²) in [6, 6.07) is 7.76. The number of carboxylic acid groups (broad SMARTS) is 1. The fraction of sp³-hybridized carbons (Fsp3) is 0.562. The van der Waals surface area contributed by atoms with Crippen LogP contribution in [0.15, 0.2) is 24.3 Å². The van der Waals surface area contributed by atoms with E-state index in [0.717, 1.165) is 11.1 Å². The van der Waals surface area contributed by atoms with Crippen LogP contribution < -0.4 is 5.32 Å². The van der Waals surface area contributed by atoms with Crippen LogP contribution in [-0.2, 0) is 17.8 Å². The third kappa shape index (κ3) is 5.31. The molecule has 0 aromatic heterocycles. The molecule has 1 unspecified atom stereocenters. The summed E-state index contributed by atoms with van der Waals surface area (Å²) in [6.45, 7) is 7.15. The van der Waals surface area contributed by atoms with E-state index >= 15 is 0 Å². The Labute approximate surface area is 120 Å². The summed E-state index contributed by atoms with van der Waals surface area (Å²) in [5.41, 5.74) is 1.89. The normalized spacial score (nSPS) is 13.2. The van der Waals surface area contributed by atoms with Gasteiger partial charge < -0.3 is 15.5 Å². The Morgan fingerprint density at radius 1 is 1.25 bits per heavy atom. The minimum absolute atomic E-state index is 0.0397. The van der Waals surface area contributed by atoms with Gasteiger partial charge in [-0.15, -0.1) is 0 Å². The second-order valence-electron chi connectivity index (χ2n) is 6.15. The largest absolute Gasteiger partial charge is 0.481 e. The molecule has 4 nitrogen and oxygen atoms in total. The maximum atomic E-state index is 10.9. The molecule has 1 rings (SSSR count). The SMILES string of the molecule is CC(C)(C)C(CCO)NCc1ccccc1CC(=O)O. The van der Waals surface area contributed by atoms with Gasteiger partial charge in [-0.05, 0) is 23.0 Å². The molecule has 0 bridgehead atoms. The quantitative estimate of drug-likeness (QED) is 0.715. The van der Waals surface area contributed by atoms with E-state index in [2.05, 4.69) is 26.1 Å². The van der Waals surface area contributed by atoms with E-state index in [-0.39, 0.29) is 24.5 Å². The van der Waals surface area contributed by atoms with E-state index in [1.165, 1.54) is 0 Å². The van der Waals surface area contributed by atoms with Gasteiger partial charge in [-0.25, -0.2) is 0 Å². The fourth-order valence-corrected chi connectivity index (χ4v) is 2.27. The van der Waals surface area contributed by atoms with E-state index in [1.807, 2.05) is 24.3 Å². The van der Waals surface area contributed by atoms with Crippen LogP contribution in [0.3, 0.4) is 0 Å². The summed E-state index contributed by atoms with van der Waals surface area (Å²) >= 11 is 0.